The van der Waals surface area contributed by atoms with Crippen LogP contribution >= 0.6 is 63.0 Å². The molecular formula is C42H34B2BrF3O2S4. The molecule has 12 heteroatoms. The Bertz CT molecular complexity index is 2270. The molecule has 7 aromatic rings. The summed E-state index contributed by atoms with van der Waals surface area (Å²) in [5, 5.41) is 21.2. The van der Waals surface area contributed by atoms with E-state index in [-0.39, 0.29) is 17.1 Å². The van der Waals surface area contributed by atoms with Gasteiger partial charge in [0.2, 0.25) is 0 Å². The van der Waals surface area contributed by atoms with Gasteiger partial charge in [0.25, 0.3) is 0 Å². The molecule has 0 saturated carbocycles. The number of hydrogen-bond donors (Lipinski definition) is 2. The maximum atomic E-state index is 14.7. The highest BCUT2D eigenvalue weighted by Crippen LogP contribution is 2.44. The summed E-state index contributed by atoms with van der Waals surface area (Å²) in [5.74, 6) is -1.11. The van der Waals surface area contributed by atoms with Crippen LogP contribution in [0.3, 0.4) is 0 Å². The molecule has 0 saturated heterocycles. The molecule has 0 atom stereocenters. The van der Waals surface area contributed by atoms with Gasteiger partial charge in [-0.1, -0.05) is 84.3 Å². The first-order valence-corrected chi connectivity index (χ1v) is 22.1. The zero-order valence-electron chi connectivity index (χ0n) is 29.7. The summed E-state index contributed by atoms with van der Waals surface area (Å²) >= 11 is 10.2. The Balaban J connectivity index is 0.000000180. The van der Waals surface area contributed by atoms with E-state index in [1.807, 2.05) is 55.2 Å². The highest BCUT2D eigenvalue weighted by atomic mass is 79.9. The number of halogens is 4. The van der Waals surface area contributed by atoms with Crippen LogP contribution in [0.2, 0.25) is 0 Å². The van der Waals surface area contributed by atoms with E-state index in [1.54, 1.807) is 71.3 Å². The van der Waals surface area contributed by atoms with Crippen LogP contribution in [0.1, 0.15) is 0 Å². The molecule has 0 aliphatic heterocycles. The van der Waals surface area contributed by atoms with Crippen LogP contribution in [0.4, 0.5) is 13.2 Å². The molecule has 0 aliphatic rings. The first-order valence-electron chi connectivity index (χ1n) is 16.4. The van der Waals surface area contributed by atoms with E-state index >= 15 is 0 Å². The topological polar surface area (TPSA) is 40.5 Å². The Morgan fingerprint density at radius 2 is 0.870 bits per heavy atom. The summed E-state index contributed by atoms with van der Waals surface area (Å²) in [4.78, 5) is 4.36. The zero-order chi connectivity index (χ0) is 38.9. The van der Waals surface area contributed by atoms with Gasteiger partial charge in [0.05, 0.1) is 0 Å². The second kappa shape index (κ2) is 19.6. The molecule has 0 heterocycles. The maximum Gasteiger partial charge on any atom is 0.491 e. The van der Waals surface area contributed by atoms with Crippen LogP contribution in [0.25, 0.3) is 43.8 Å². The van der Waals surface area contributed by atoms with Crippen LogP contribution in [-0.2, 0) is 0 Å². The van der Waals surface area contributed by atoms with Gasteiger partial charge in [0.15, 0.2) is 0 Å². The minimum Gasteiger partial charge on any atom is -0.423 e. The minimum absolute atomic E-state index is 0.0949. The molecule has 2 nitrogen and oxygen atoms in total. The van der Waals surface area contributed by atoms with E-state index in [0.29, 0.717) is 11.1 Å². The van der Waals surface area contributed by atoms with Gasteiger partial charge in [-0.2, -0.15) is 0 Å². The van der Waals surface area contributed by atoms with Crippen molar-refractivity contribution in [2.75, 3.05) is 25.0 Å². The largest absolute Gasteiger partial charge is 0.491 e. The molecule has 2 N–H and O–H groups in total. The monoisotopic (exact) mass is 856 g/mol. The van der Waals surface area contributed by atoms with E-state index in [1.165, 1.54) is 46.7 Å². The van der Waals surface area contributed by atoms with Crippen molar-refractivity contribution in [1.82, 2.24) is 0 Å². The van der Waals surface area contributed by atoms with E-state index in [2.05, 4.69) is 46.5 Å². The molecule has 0 unspecified atom stereocenters. The first-order chi connectivity index (χ1) is 26.1. The molecule has 0 spiro atoms. The van der Waals surface area contributed by atoms with Crippen molar-refractivity contribution in [3.63, 3.8) is 0 Å². The van der Waals surface area contributed by atoms with Gasteiger partial charge in [0.1, 0.15) is 25.3 Å². The van der Waals surface area contributed by atoms with E-state index < -0.39 is 12.9 Å². The third-order valence-corrected chi connectivity index (χ3v) is 12.8. The molecule has 7 aromatic carbocycles. The zero-order valence-corrected chi connectivity index (χ0v) is 34.6. The van der Waals surface area contributed by atoms with Crippen molar-refractivity contribution in [3.8, 4) is 22.3 Å². The molecule has 7 rings (SSSR count). The lowest BCUT2D eigenvalue weighted by atomic mass is 9.80. The Kier molecular flexibility index (Phi) is 15.2. The fourth-order valence-electron chi connectivity index (χ4n) is 5.96. The molecule has 2 radical (unpaired) electrons. The standard InChI is InChI=1S/C24H18F2S2.C12H10BBrS2.C6H6BFO2/c1-27-21-13-11-16-15(23(21)17-7-3-5-9-19(17)25)12-14-22(28-2)24(16)18-8-4-6-10-20(18)26;1-15-9-5-4-8-7(11(9)13)3-6-10(16-2)12(8)14;8-6-4-2-1-3-5(6)7(9)10/h3-14H,1-2H3;3-6H,1-2H3;1-4,9-10H. The van der Waals surface area contributed by atoms with Crippen molar-refractivity contribution in [3.05, 3.63) is 143 Å². The summed E-state index contributed by atoms with van der Waals surface area (Å²) in [6.45, 7) is 0. The average molecular weight is 858 g/mol. The number of fused-ring (bicyclic) bond motifs is 2. The van der Waals surface area contributed by atoms with Gasteiger partial charge in [-0.05, 0) is 105 Å². The Morgan fingerprint density at radius 1 is 0.481 bits per heavy atom. The summed E-state index contributed by atoms with van der Waals surface area (Å²) in [5.41, 5.74) is 3.62. The second-order valence-corrected chi connectivity index (χ2v) is 15.8. The van der Waals surface area contributed by atoms with Crippen molar-refractivity contribution in [2.45, 2.75) is 19.6 Å². The first kappa shape index (κ1) is 41.9. The van der Waals surface area contributed by atoms with Crippen LogP contribution in [0.15, 0.2) is 145 Å². The van der Waals surface area contributed by atoms with Gasteiger partial charge >= 0.3 is 7.12 Å². The molecular weight excluding hydrogens is 823 g/mol. The van der Waals surface area contributed by atoms with Crippen LogP contribution in [0, 0.1) is 17.5 Å². The molecule has 54 heavy (non-hydrogen) atoms. The van der Waals surface area contributed by atoms with Crippen LogP contribution in [-0.4, -0.2) is 50.0 Å². The van der Waals surface area contributed by atoms with Gasteiger partial charge < -0.3 is 10.0 Å². The van der Waals surface area contributed by atoms with Crippen molar-refractivity contribution < 1.29 is 23.2 Å². The van der Waals surface area contributed by atoms with Gasteiger partial charge in [-0.15, -0.1) is 47.0 Å². The fraction of sp³-hybridized carbons (Fsp3) is 0.0952. The maximum absolute atomic E-state index is 14.7. The summed E-state index contributed by atoms with van der Waals surface area (Å²) < 4.78 is 43.0. The SMILES string of the molecule is CSc1ccc2c(-c3ccccc3F)c(SC)ccc2c1-c1ccccc1F.OB(O)c1ccccc1F.[B]c1c(SC)ccc2c(Br)c(SC)ccc12. The quantitative estimate of drug-likeness (QED) is 0.123. The number of hydrogen-bond acceptors (Lipinski definition) is 6. The van der Waals surface area contributed by atoms with Crippen molar-refractivity contribution >= 4 is 110 Å². The smallest absolute Gasteiger partial charge is 0.423 e. The lowest BCUT2D eigenvalue weighted by Gasteiger charge is -2.18. The van der Waals surface area contributed by atoms with E-state index in [4.69, 9.17) is 17.9 Å². The lowest BCUT2D eigenvalue weighted by molar-refractivity contribution is 0.423. The van der Waals surface area contributed by atoms with Gasteiger partial charge in [-0.3, -0.25) is 0 Å². The van der Waals surface area contributed by atoms with Crippen molar-refractivity contribution in [1.29, 1.82) is 0 Å². The molecule has 0 fully saturated rings. The Labute approximate surface area is 341 Å². The lowest BCUT2D eigenvalue weighted by Crippen LogP contribution is -2.32. The van der Waals surface area contributed by atoms with E-state index in [9.17, 15) is 13.2 Å². The summed E-state index contributed by atoms with van der Waals surface area (Å²) in [7, 11) is 4.42. The average Bonchev–Trinajstić information content (AvgIpc) is 3.18. The predicted octanol–water partition coefficient (Wildman–Crippen LogP) is 11.2. The highest BCUT2D eigenvalue weighted by Gasteiger charge is 2.19. The van der Waals surface area contributed by atoms with Crippen molar-refractivity contribution in [2.24, 2.45) is 0 Å². The van der Waals surface area contributed by atoms with Gasteiger partial charge in [0, 0.05) is 51.8 Å². The molecule has 272 valence electrons. The molecule has 0 aromatic heterocycles. The number of benzene rings is 7. The fourth-order valence-corrected chi connectivity index (χ4v) is 9.21. The Hall–Kier alpha value is -3.22. The van der Waals surface area contributed by atoms with Crippen LogP contribution in [0.5, 0.6) is 0 Å². The molecule has 0 aliphatic carbocycles. The summed E-state index contributed by atoms with van der Waals surface area (Å²) in [6.07, 6.45) is 8.09. The highest BCUT2D eigenvalue weighted by molar-refractivity contribution is 9.10. The molecule has 0 amide bonds. The summed E-state index contributed by atoms with van der Waals surface area (Å²) in [6, 6.07) is 35.6. The predicted molar refractivity (Wildman–Crippen MR) is 235 cm³/mol. The third-order valence-electron chi connectivity index (χ3n) is 8.58. The van der Waals surface area contributed by atoms with Crippen LogP contribution < -0.4 is 10.9 Å². The third kappa shape index (κ3) is 9.24. The second-order valence-electron chi connectivity index (χ2n) is 11.6. The number of thioether (sulfide) groups is 4. The Morgan fingerprint density at radius 3 is 1.30 bits per heavy atom. The van der Waals surface area contributed by atoms with Gasteiger partial charge in [-0.25, -0.2) is 13.2 Å². The normalized spacial score (nSPS) is 10.8. The number of rotatable bonds is 7. The molecule has 0 bridgehead atoms. The minimum atomic E-state index is -1.72. The van der Waals surface area contributed by atoms with E-state index in [0.717, 1.165) is 51.9 Å².